The molecule has 4 rings (SSSR count). The third-order valence-corrected chi connectivity index (χ3v) is 9.49. The molecule has 3 aromatic rings. The fourth-order valence-corrected chi connectivity index (χ4v) is 7.69. The molecule has 1 aliphatic heterocycles. The van der Waals surface area contributed by atoms with Crippen molar-refractivity contribution < 1.29 is 23.1 Å². The second-order valence-electron chi connectivity index (χ2n) is 9.73. The number of carbonyl (C=O) groups is 2. The molecule has 1 fully saturated rings. The Bertz CT molecular complexity index is 1620. The van der Waals surface area contributed by atoms with Crippen LogP contribution in [0.15, 0.2) is 84.3 Å². The van der Waals surface area contributed by atoms with E-state index in [1.54, 1.807) is 36.4 Å². The van der Waals surface area contributed by atoms with E-state index in [-0.39, 0.29) is 40.7 Å². The third-order valence-electron chi connectivity index (χ3n) is 7.11. The quantitative estimate of drug-likeness (QED) is 0.294. The normalized spacial score (nSPS) is 17.9. The molecule has 0 saturated carbocycles. The maximum Gasteiger partial charge on any atom is 0.326 e. The predicted octanol–water partition coefficient (Wildman–Crippen LogP) is 5.44. The van der Waals surface area contributed by atoms with Gasteiger partial charge in [0, 0.05) is 23.0 Å². The second kappa shape index (κ2) is 12.5. The average Bonchev–Trinajstić information content (AvgIpc) is 3.38. The van der Waals surface area contributed by atoms with Gasteiger partial charge >= 0.3 is 5.97 Å². The van der Waals surface area contributed by atoms with Gasteiger partial charge < -0.3 is 10.4 Å². The van der Waals surface area contributed by atoms with Crippen LogP contribution in [0.1, 0.15) is 30.4 Å². The molecule has 1 saturated heterocycles. The number of sulfonamides is 1. The number of nitrogens with zero attached hydrogens (tertiary/aromatic N) is 2. The zero-order valence-electron chi connectivity index (χ0n) is 21.9. The van der Waals surface area contributed by atoms with Crippen molar-refractivity contribution in [2.75, 3.05) is 6.54 Å². The van der Waals surface area contributed by atoms with Gasteiger partial charge in [-0.1, -0.05) is 71.7 Å². The van der Waals surface area contributed by atoms with E-state index in [1.807, 2.05) is 12.1 Å². The number of aliphatic carboxylic acids is 1. The first-order chi connectivity index (χ1) is 19.5. The first-order valence-electron chi connectivity index (χ1n) is 12.7. The highest BCUT2D eigenvalue weighted by Gasteiger charge is 2.52. The number of nitrogens with one attached hydrogen (secondary N) is 1. The van der Waals surface area contributed by atoms with E-state index in [0.29, 0.717) is 17.5 Å². The number of amides is 1. The average molecular weight is 613 g/mol. The van der Waals surface area contributed by atoms with Crippen LogP contribution in [0.4, 0.5) is 0 Å². The predicted molar refractivity (Wildman–Crippen MR) is 157 cm³/mol. The van der Waals surface area contributed by atoms with Crippen LogP contribution in [-0.2, 0) is 26.0 Å². The molecule has 3 aromatic carbocycles. The van der Waals surface area contributed by atoms with Crippen molar-refractivity contribution in [3.8, 4) is 17.2 Å². The van der Waals surface area contributed by atoms with Crippen molar-refractivity contribution in [1.82, 2.24) is 9.62 Å². The summed E-state index contributed by atoms with van der Waals surface area (Å²) in [7, 11) is -4.22. The van der Waals surface area contributed by atoms with Gasteiger partial charge in [0.2, 0.25) is 15.9 Å². The van der Waals surface area contributed by atoms with Gasteiger partial charge in [-0.2, -0.15) is 9.57 Å². The molecule has 0 bridgehead atoms. The number of nitriles is 1. The largest absolute Gasteiger partial charge is 0.480 e. The van der Waals surface area contributed by atoms with Crippen molar-refractivity contribution >= 4 is 45.1 Å². The Hall–Kier alpha value is -3.68. The summed E-state index contributed by atoms with van der Waals surface area (Å²) in [4.78, 5) is 25.9. The van der Waals surface area contributed by atoms with Crippen molar-refractivity contribution in [1.29, 1.82) is 5.26 Å². The molecule has 8 nitrogen and oxygen atoms in total. The molecule has 0 spiro atoms. The van der Waals surface area contributed by atoms with Crippen LogP contribution in [0.5, 0.6) is 0 Å². The van der Waals surface area contributed by atoms with Crippen LogP contribution in [0, 0.1) is 11.3 Å². The summed E-state index contributed by atoms with van der Waals surface area (Å²) in [6.45, 7) is 3.77. The summed E-state index contributed by atoms with van der Waals surface area (Å²) in [5.74, 6) is -1.99. The molecule has 0 aliphatic carbocycles. The minimum absolute atomic E-state index is 0.0221. The van der Waals surface area contributed by atoms with Crippen LogP contribution < -0.4 is 5.32 Å². The molecule has 212 valence electrons. The number of hydrogen-bond acceptors (Lipinski definition) is 5. The maximum absolute atomic E-state index is 13.8. The molecule has 1 unspecified atom stereocenters. The van der Waals surface area contributed by atoms with Gasteiger partial charge in [0.05, 0.1) is 16.5 Å². The zero-order valence-corrected chi connectivity index (χ0v) is 24.2. The fourth-order valence-electron chi connectivity index (χ4n) is 5.15. The van der Waals surface area contributed by atoms with Gasteiger partial charge in [0.1, 0.15) is 11.6 Å². The fraction of sp³-hybridized carbons (Fsp3) is 0.233. The van der Waals surface area contributed by atoms with E-state index in [0.717, 1.165) is 15.4 Å². The lowest BCUT2D eigenvalue weighted by molar-refractivity contribution is -0.143. The monoisotopic (exact) mass is 611 g/mol. The van der Waals surface area contributed by atoms with E-state index in [2.05, 4.69) is 18.0 Å². The van der Waals surface area contributed by atoms with E-state index in [4.69, 9.17) is 23.2 Å². The summed E-state index contributed by atoms with van der Waals surface area (Å²) >= 11 is 12.1. The van der Waals surface area contributed by atoms with E-state index >= 15 is 0 Å². The molecule has 2 N–H and O–H groups in total. The van der Waals surface area contributed by atoms with Gasteiger partial charge in [0.15, 0.2) is 0 Å². The topological polar surface area (TPSA) is 128 Å². The first-order valence-corrected chi connectivity index (χ1v) is 14.9. The lowest BCUT2D eigenvalue weighted by atomic mass is 9.91. The van der Waals surface area contributed by atoms with Crippen LogP contribution in [0.2, 0.25) is 10.0 Å². The Morgan fingerprint density at radius 3 is 2.39 bits per heavy atom. The highest BCUT2D eigenvalue weighted by Crippen LogP contribution is 2.39. The molecule has 1 heterocycles. The molecular weight excluding hydrogens is 585 g/mol. The van der Waals surface area contributed by atoms with Crippen molar-refractivity contribution in [2.24, 2.45) is 0 Å². The van der Waals surface area contributed by atoms with Gasteiger partial charge in [-0.25, -0.2) is 13.2 Å². The highest BCUT2D eigenvalue weighted by molar-refractivity contribution is 7.89. The van der Waals surface area contributed by atoms with Gasteiger partial charge in [0.25, 0.3) is 0 Å². The lowest BCUT2D eigenvalue weighted by Gasteiger charge is -2.36. The Morgan fingerprint density at radius 1 is 1.12 bits per heavy atom. The minimum atomic E-state index is -4.22. The molecule has 0 radical (unpaired) electrons. The summed E-state index contributed by atoms with van der Waals surface area (Å²) in [5.41, 5.74) is 1.12. The van der Waals surface area contributed by atoms with Crippen LogP contribution in [-0.4, -0.2) is 47.8 Å². The van der Waals surface area contributed by atoms with Gasteiger partial charge in [-0.05, 0) is 60.2 Å². The second-order valence-corrected chi connectivity index (χ2v) is 12.5. The number of carboxylic acids is 1. The number of halogens is 2. The highest BCUT2D eigenvalue weighted by atomic mass is 35.5. The molecule has 1 aliphatic rings. The van der Waals surface area contributed by atoms with E-state index in [1.165, 1.54) is 24.3 Å². The Kier molecular flexibility index (Phi) is 9.20. The summed E-state index contributed by atoms with van der Waals surface area (Å²) in [6, 6.07) is 18.9. The Labute approximate surface area is 248 Å². The van der Waals surface area contributed by atoms with Crippen molar-refractivity contribution in [2.45, 2.75) is 42.2 Å². The molecular formula is C30H27Cl2N3O5S. The number of carboxylic acid groups (broad SMARTS) is 1. The summed E-state index contributed by atoms with van der Waals surface area (Å²) in [5, 5.41) is 22.2. The van der Waals surface area contributed by atoms with Crippen LogP contribution in [0.3, 0.4) is 0 Å². The number of rotatable bonds is 10. The van der Waals surface area contributed by atoms with E-state index < -0.39 is 33.5 Å². The zero-order chi connectivity index (χ0) is 29.8. The van der Waals surface area contributed by atoms with E-state index in [9.17, 15) is 28.4 Å². The molecule has 1 amide bonds. The molecule has 2 atom stereocenters. The first kappa shape index (κ1) is 30.3. The summed E-state index contributed by atoms with van der Waals surface area (Å²) < 4.78 is 28.5. The number of carbonyl (C=O) groups excluding carboxylic acids is 1. The third kappa shape index (κ3) is 6.31. The van der Waals surface area contributed by atoms with Gasteiger partial charge in [-0.3, -0.25) is 4.79 Å². The smallest absolute Gasteiger partial charge is 0.326 e. The van der Waals surface area contributed by atoms with Crippen molar-refractivity contribution in [3.63, 3.8) is 0 Å². The Balaban J connectivity index is 1.60. The molecule has 41 heavy (non-hydrogen) atoms. The number of benzene rings is 3. The molecule has 0 aromatic heterocycles. The Morgan fingerprint density at radius 2 is 1.78 bits per heavy atom. The minimum Gasteiger partial charge on any atom is -0.480 e. The van der Waals surface area contributed by atoms with Crippen molar-refractivity contribution in [3.05, 3.63) is 101 Å². The lowest BCUT2D eigenvalue weighted by Crippen LogP contribution is -2.60. The standard InChI is InChI=1S/C30H27Cl2N3O5S/c1-2-12-30(13-5-14-35(30)41(39,40)25-17-23(31)16-24(32)18-25)29(38)34-27(28(36)37)15-20-8-10-21(11-9-20)26-7-4-3-6-22(26)19-33/h2-4,6-11,16-18,27H,1,5,12-15H2,(H,34,38)(H,36,37)/t27?,30-/m1/s1. The van der Waals surface area contributed by atoms with Gasteiger partial charge in [-0.15, -0.1) is 6.58 Å². The summed E-state index contributed by atoms with van der Waals surface area (Å²) in [6.07, 6.45) is 1.95. The van der Waals surface area contributed by atoms with Crippen LogP contribution >= 0.6 is 23.2 Å². The number of hydrogen-bond donors (Lipinski definition) is 2. The van der Waals surface area contributed by atoms with Crippen LogP contribution in [0.25, 0.3) is 11.1 Å². The SMILES string of the molecule is C=CC[C@]1(C(=O)NC(Cc2ccc(-c3ccccc3C#N)cc2)C(=O)O)CCCN1S(=O)(=O)c1cc(Cl)cc(Cl)c1. The maximum atomic E-state index is 13.8. The molecule has 11 heteroatoms.